The van der Waals surface area contributed by atoms with Gasteiger partial charge in [-0.25, -0.2) is 9.55 Å². The molecule has 4 aromatic rings. The number of aliphatic hydroxyl groups excluding tert-OH is 3. The van der Waals surface area contributed by atoms with Gasteiger partial charge in [-0.3, -0.25) is 18.1 Å². The van der Waals surface area contributed by atoms with Gasteiger partial charge in [0.05, 0.1) is 38.3 Å². The number of phosphoric ester groups is 1. The monoisotopic (exact) mass is 645 g/mol. The molecule has 44 heavy (non-hydrogen) atoms. The van der Waals surface area contributed by atoms with Gasteiger partial charge in [-0.2, -0.15) is 9.97 Å². The van der Waals surface area contributed by atoms with Crippen LogP contribution in [0.15, 0.2) is 67.0 Å². The maximum atomic E-state index is 14.0. The van der Waals surface area contributed by atoms with Gasteiger partial charge in [0, 0.05) is 0 Å². The number of nitrogens with one attached hydrogen (secondary N) is 1. The van der Waals surface area contributed by atoms with E-state index in [0.29, 0.717) is 24.2 Å². The van der Waals surface area contributed by atoms with E-state index < -0.39 is 45.1 Å². The molecule has 6 atom stereocenters. The van der Waals surface area contributed by atoms with Crippen molar-refractivity contribution in [2.75, 3.05) is 11.9 Å². The summed E-state index contributed by atoms with van der Waals surface area (Å²) < 4.78 is 38.9. The van der Waals surface area contributed by atoms with Crippen LogP contribution in [0.4, 0.5) is 5.82 Å². The van der Waals surface area contributed by atoms with Crippen molar-refractivity contribution < 1.29 is 38.2 Å². The van der Waals surface area contributed by atoms with Crippen LogP contribution in [0.5, 0.6) is 0 Å². The predicted molar refractivity (Wildman–Crippen MR) is 160 cm³/mol. The minimum absolute atomic E-state index is 0.0399. The van der Waals surface area contributed by atoms with Crippen LogP contribution in [0.2, 0.25) is 5.28 Å². The topological polar surface area (TPSA) is 170 Å². The predicted octanol–water partition coefficient (Wildman–Crippen LogP) is 3.98. The first-order chi connectivity index (χ1) is 21.3. The number of halogens is 1. The number of phosphoric acid groups is 1. The average molecular weight is 646 g/mol. The van der Waals surface area contributed by atoms with Gasteiger partial charge in [-0.05, 0) is 42.0 Å². The number of hydrogen-bond donors (Lipinski definition) is 4. The van der Waals surface area contributed by atoms with Crippen LogP contribution in [0.3, 0.4) is 0 Å². The molecule has 2 fully saturated rings. The molecule has 6 rings (SSSR count). The Kier molecular flexibility index (Phi) is 9.57. The molecule has 1 saturated carbocycles. The van der Waals surface area contributed by atoms with Gasteiger partial charge < -0.3 is 25.4 Å². The number of anilines is 1. The smallest absolute Gasteiger partial charge is 0.394 e. The van der Waals surface area contributed by atoms with Crippen molar-refractivity contribution in [3.8, 4) is 0 Å². The van der Waals surface area contributed by atoms with Gasteiger partial charge in [-0.15, -0.1) is 0 Å². The van der Waals surface area contributed by atoms with Crippen molar-refractivity contribution in [2.45, 2.75) is 69.2 Å². The number of aliphatic hydroxyl groups is 3. The second-order valence-corrected chi connectivity index (χ2v) is 12.6. The SMILES string of the molecule is O=P(OCc1ccccc1)(OCc1ccccc1)O[C@@H]1CCC[C@H]1Nc1nc(Cl)nc2c1ncn2[C@@H]1O[C@H](CO)[C@@H](O)[C@H]1O. The van der Waals surface area contributed by atoms with E-state index in [9.17, 15) is 19.9 Å². The van der Waals surface area contributed by atoms with Gasteiger partial charge in [0.2, 0.25) is 5.28 Å². The summed E-state index contributed by atoms with van der Waals surface area (Å²) in [6.07, 6.45) is -1.78. The van der Waals surface area contributed by atoms with E-state index >= 15 is 0 Å². The third-order valence-electron chi connectivity index (χ3n) is 7.69. The molecule has 234 valence electrons. The van der Waals surface area contributed by atoms with Crippen LogP contribution < -0.4 is 5.32 Å². The highest BCUT2D eigenvalue weighted by molar-refractivity contribution is 7.48. The standard InChI is InChI=1S/C29H33ClN5O8P/c30-29-33-26(23-27(34-29)35(17-31-23)28-25(38)24(37)22(14-36)42-28)32-20-12-7-13-21(20)43-44(39,40-15-18-8-3-1-4-9-18)41-16-19-10-5-2-6-11-19/h1-6,8-11,17,20-22,24-25,28,36-38H,7,12-16H2,(H,32,33,34)/t20-,21-,22-,24-,25-,28-/m1/s1. The molecule has 0 spiro atoms. The first-order valence-corrected chi connectivity index (χ1v) is 16.1. The Labute approximate surface area is 258 Å². The normalized spacial score (nSPS) is 25.5. The summed E-state index contributed by atoms with van der Waals surface area (Å²) >= 11 is 6.30. The Bertz CT molecular complexity index is 1550. The Morgan fingerprint density at radius 3 is 2.25 bits per heavy atom. The molecule has 2 aromatic heterocycles. The van der Waals surface area contributed by atoms with Gasteiger partial charge in [-0.1, -0.05) is 60.7 Å². The maximum absolute atomic E-state index is 14.0. The number of benzene rings is 2. The third-order valence-corrected chi connectivity index (χ3v) is 9.28. The lowest BCUT2D eigenvalue weighted by Crippen LogP contribution is -2.33. The zero-order chi connectivity index (χ0) is 30.7. The van der Waals surface area contributed by atoms with Crippen molar-refractivity contribution in [1.29, 1.82) is 0 Å². The summed E-state index contributed by atoms with van der Waals surface area (Å²) in [5.74, 6) is 0.302. The van der Waals surface area contributed by atoms with Gasteiger partial charge in [0.1, 0.15) is 18.3 Å². The van der Waals surface area contributed by atoms with Crippen LogP contribution in [0.1, 0.15) is 36.6 Å². The second-order valence-electron chi connectivity index (χ2n) is 10.7. The number of hydrogen-bond acceptors (Lipinski definition) is 12. The zero-order valence-corrected chi connectivity index (χ0v) is 25.2. The lowest BCUT2D eigenvalue weighted by atomic mass is 10.1. The fraction of sp³-hybridized carbons (Fsp3) is 0.414. The zero-order valence-electron chi connectivity index (χ0n) is 23.6. The summed E-state index contributed by atoms with van der Waals surface area (Å²) in [7, 11) is -4.04. The Hall–Kier alpha value is -2.97. The molecule has 1 saturated heterocycles. The quantitative estimate of drug-likeness (QED) is 0.129. The number of nitrogens with zero attached hydrogens (tertiary/aromatic N) is 4. The number of fused-ring (bicyclic) bond motifs is 1. The highest BCUT2D eigenvalue weighted by Gasteiger charge is 2.44. The molecule has 13 nitrogen and oxygen atoms in total. The lowest BCUT2D eigenvalue weighted by Gasteiger charge is -2.26. The van der Waals surface area contributed by atoms with Crippen LogP contribution in [-0.2, 0) is 36.1 Å². The molecule has 15 heteroatoms. The van der Waals surface area contributed by atoms with Crippen molar-refractivity contribution in [1.82, 2.24) is 19.5 Å². The molecular formula is C29H33ClN5O8P. The molecule has 0 amide bonds. The Morgan fingerprint density at radius 1 is 0.977 bits per heavy atom. The molecule has 2 aromatic carbocycles. The van der Waals surface area contributed by atoms with Gasteiger partial charge >= 0.3 is 7.82 Å². The van der Waals surface area contributed by atoms with E-state index in [1.807, 2.05) is 60.7 Å². The molecule has 0 unspecified atom stereocenters. The van der Waals surface area contributed by atoms with Crippen molar-refractivity contribution in [3.63, 3.8) is 0 Å². The fourth-order valence-electron chi connectivity index (χ4n) is 5.40. The number of aromatic nitrogens is 4. The van der Waals surface area contributed by atoms with E-state index in [1.165, 1.54) is 10.9 Å². The minimum Gasteiger partial charge on any atom is -0.394 e. The van der Waals surface area contributed by atoms with E-state index in [2.05, 4.69) is 20.3 Å². The number of ether oxygens (including phenoxy) is 1. The highest BCUT2D eigenvalue weighted by atomic mass is 35.5. The maximum Gasteiger partial charge on any atom is 0.475 e. The number of rotatable bonds is 12. The largest absolute Gasteiger partial charge is 0.475 e. The molecule has 4 N–H and O–H groups in total. The number of imidazole rings is 1. The molecule has 3 heterocycles. The molecular weight excluding hydrogens is 613 g/mol. The Balaban J connectivity index is 1.21. The lowest BCUT2D eigenvalue weighted by molar-refractivity contribution is -0.0511. The summed E-state index contributed by atoms with van der Waals surface area (Å²) in [5, 5.41) is 33.5. The van der Waals surface area contributed by atoms with Crippen LogP contribution in [0.25, 0.3) is 11.2 Å². The average Bonchev–Trinajstić information content (AvgIpc) is 3.73. The van der Waals surface area contributed by atoms with Crippen molar-refractivity contribution >= 4 is 36.4 Å². The Morgan fingerprint density at radius 2 is 1.64 bits per heavy atom. The minimum atomic E-state index is -4.04. The fourth-order valence-corrected chi connectivity index (χ4v) is 6.96. The first kappa shape index (κ1) is 31.0. The molecule has 0 bridgehead atoms. The molecule has 1 aliphatic carbocycles. The second kappa shape index (κ2) is 13.6. The summed E-state index contributed by atoms with van der Waals surface area (Å²) in [4.78, 5) is 13.0. The third kappa shape index (κ3) is 6.81. The molecule has 0 radical (unpaired) electrons. The van der Waals surface area contributed by atoms with E-state index in [-0.39, 0.29) is 30.2 Å². The summed E-state index contributed by atoms with van der Waals surface area (Å²) in [5.41, 5.74) is 2.23. The van der Waals surface area contributed by atoms with Crippen molar-refractivity contribution in [3.05, 3.63) is 83.4 Å². The van der Waals surface area contributed by atoms with E-state index in [4.69, 9.17) is 29.9 Å². The van der Waals surface area contributed by atoms with Crippen LogP contribution in [0, 0.1) is 0 Å². The summed E-state index contributed by atoms with van der Waals surface area (Å²) in [6.45, 7) is -0.391. The van der Waals surface area contributed by atoms with Crippen LogP contribution >= 0.6 is 19.4 Å². The molecule has 1 aliphatic heterocycles. The van der Waals surface area contributed by atoms with E-state index in [1.54, 1.807) is 0 Å². The highest BCUT2D eigenvalue weighted by Crippen LogP contribution is 2.54. The van der Waals surface area contributed by atoms with E-state index in [0.717, 1.165) is 17.5 Å². The first-order valence-electron chi connectivity index (χ1n) is 14.3. The van der Waals surface area contributed by atoms with Gasteiger partial charge in [0.15, 0.2) is 23.2 Å². The molecule has 2 aliphatic rings. The van der Waals surface area contributed by atoms with Crippen LogP contribution in [-0.4, -0.2) is 71.9 Å². The van der Waals surface area contributed by atoms with Gasteiger partial charge in [0.25, 0.3) is 0 Å². The van der Waals surface area contributed by atoms with Crippen molar-refractivity contribution in [2.24, 2.45) is 0 Å². The summed E-state index contributed by atoms with van der Waals surface area (Å²) in [6, 6.07) is 18.4.